The van der Waals surface area contributed by atoms with Gasteiger partial charge in [0.25, 0.3) is 11.6 Å². The highest BCUT2D eigenvalue weighted by molar-refractivity contribution is 7.18. The molecule has 0 unspecified atom stereocenters. The molecule has 8 heteroatoms. The fraction of sp³-hybridized carbons (Fsp3) is 0.0625. The normalized spacial score (nSPS) is 10.4. The summed E-state index contributed by atoms with van der Waals surface area (Å²) < 4.78 is 0. The number of aromatic nitrogens is 2. The van der Waals surface area contributed by atoms with E-state index in [1.165, 1.54) is 29.5 Å². The first-order chi connectivity index (χ1) is 11.5. The summed E-state index contributed by atoms with van der Waals surface area (Å²) in [5.41, 5.74) is 1.75. The Morgan fingerprint density at radius 2 is 1.83 bits per heavy atom. The standard InChI is InChI=1S/C16H12N4O3S/c1-10-6-8-11(9-7-10)15-18-19-16(24-15)17-14(21)12-4-2-3-5-13(12)20(22)23/h2-9H,1H3,(H,17,19,21). The molecule has 0 spiro atoms. The molecule has 1 aromatic heterocycles. The van der Waals surface area contributed by atoms with Crippen LogP contribution in [0.25, 0.3) is 10.6 Å². The van der Waals surface area contributed by atoms with Crippen LogP contribution in [-0.4, -0.2) is 21.0 Å². The van der Waals surface area contributed by atoms with Crippen LogP contribution < -0.4 is 5.32 Å². The van der Waals surface area contributed by atoms with E-state index in [1.807, 2.05) is 31.2 Å². The van der Waals surface area contributed by atoms with E-state index in [9.17, 15) is 14.9 Å². The fourth-order valence-corrected chi connectivity index (χ4v) is 2.82. The quantitative estimate of drug-likeness (QED) is 0.577. The van der Waals surface area contributed by atoms with Crippen LogP contribution in [0, 0.1) is 17.0 Å². The van der Waals surface area contributed by atoms with E-state index >= 15 is 0 Å². The van der Waals surface area contributed by atoms with E-state index in [0.717, 1.165) is 11.1 Å². The summed E-state index contributed by atoms with van der Waals surface area (Å²) in [6.07, 6.45) is 0. The molecule has 7 nitrogen and oxygen atoms in total. The Labute approximate surface area is 141 Å². The largest absolute Gasteiger partial charge is 0.296 e. The molecule has 0 aliphatic heterocycles. The van der Waals surface area contributed by atoms with Crippen LogP contribution in [0.15, 0.2) is 48.5 Å². The van der Waals surface area contributed by atoms with Gasteiger partial charge in [0.05, 0.1) is 4.92 Å². The second-order valence-corrected chi connectivity index (χ2v) is 5.98. The predicted octanol–water partition coefficient (Wildman–Crippen LogP) is 3.67. The molecule has 0 aliphatic carbocycles. The molecule has 0 saturated heterocycles. The highest BCUT2D eigenvalue weighted by atomic mass is 32.1. The van der Waals surface area contributed by atoms with E-state index in [0.29, 0.717) is 5.01 Å². The SMILES string of the molecule is Cc1ccc(-c2nnc(NC(=O)c3ccccc3[N+](=O)[O-])s2)cc1. The summed E-state index contributed by atoms with van der Waals surface area (Å²) in [6, 6.07) is 13.5. The van der Waals surface area contributed by atoms with E-state index in [1.54, 1.807) is 6.07 Å². The third-order valence-electron chi connectivity index (χ3n) is 3.29. The summed E-state index contributed by atoms with van der Waals surface area (Å²) in [7, 11) is 0. The Morgan fingerprint density at radius 1 is 1.12 bits per heavy atom. The average Bonchev–Trinajstić information content (AvgIpc) is 3.04. The number of hydrogen-bond donors (Lipinski definition) is 1. The molecule has 2 aromatic carbocycles. The molecule has 1 heterocycles. The number of hydrogen-bond acceptors (Lipinski definition) is 6. The molecule has 1 amide bonds. The topological polar surface area (TPSA) is 98.0 Å². The Morgan fingerprint density at radius 3 is 2.54 bits per heavy atom. The second kappa shape index (κ2) is 6.55. The zero-order valence-electron chi connectivity index (χ0n) is 12.6. The van der Waals surface area contributed by atoms with Gasteiger partial charge in [-0.15, -0.1) is 10.2 Å². The van der Waals surface area contributed by atoms with Gasteiger partial charge in [-0.05, 0) is 13.0 Å². The molecular formula is C16H12N4O3S. The van der Waals surface area contributed by atoms with Crippen molar-refractivity contribution in [3.05, 3.63) is 69.8 Å². The first kappa shape index (κ1) is 15.8. The molecule has 0 atom stereocenters. The average molecular weight is 340 g/mol. The van der Waals surface area contributed by atoms with Crippen LogP contribution in [-0.2, 0) is 0 Å². The first-order valence-electron chi connectivity index (χ1n) is 7.00. The minimum Gasteiger partial charge on any atom is -0.296 e. The molecule has 0 radical (unpaired) electrons. The zero-order valence-corrected chi connectivity index (χ0v) is 13.4. The van der Waals surface area contributed by atoms with Crippen LogP contribution in [0.1, 0.15) is 15.9 Å². The monoisotopic (exact) mass is 340 g/mol. The molecule has 0 aliphatic rings. The number of anilines is 1. The van der Waals surface area contributed by atoms with Crippen LogP contribution in [0.4, 0.5) is 10.8 Å². The fourth-order valence-electron chi connectivity index (χ4n) is 2.08. The van der Waals surface area contributed by atoms with Gasteiger partial charge in [0.15, 0.2) is 0 Å². The third-order valence-corrected chi connectivity index (χ3v) is 4.18. The lowest BCUT2D eigenvalue weighted by Crippen LogP contribution is -2.13. The summed E-state index contributed by atoms with van der Waals surface area (Å²) in [4.78, 5) is 22.7. The van der Waals surface area contributed by atoms with Gasteiger partial charge in [0.1, 0.15) is 10.6 Å². The lowest BCUT2D eigenvalue weighted by Gasteiger charge is -2.01. The van der Waals surface area contributed by atoms with Crippen molar-refractivity contribution in [3.63, 3.8) is 0 Å². The smallest absolute Gasteiger partial charge is 0.282 e. The Hall–Kier alpha value is -3.13. The number of para-hydroxylation sites is 1. The predicted molar refractivity (Wildman–Crippen MR) is 91.1 cm³/mol. The highest BCUT2D eigenvalue weighted by Crippen LogP contribution is 2.27. The minimum atomic E-state index is -0.591. The van der Waals surface area contributed by atoms with Crippen LogP contribution in [0.2, 0.25) is 0 Å². The summed E-state index contributed by atoms with van der Waals surface area (Å²) >= 11 is 1.21. The molecule has 3 rings (SSSR count). The van der Waals surface area contributed by atoms with Crippen molar-refractivity contribution in [1.29, 1.82) is 0 Å². The van der Waals surface area contributed by atoms with Crippen LogP contribution in [0.5, 0.6) is 0 Å². The lowest BCUT2D eigenvalue weighted by atomic mass is 10.1. The van der Waals surface area contributed by atoms with Gasteiger partial charge in [0.2, 0.25) is 5.13 Å². The number of carbonyl (C=O) groups excluding carboxylic acids is 1. The number of nitro benzene ring substituents is 1. The number of nitro groups is 1. The van der Waals surface area contributed by atoms with Gasteiger partial charge < -0.3 is 0 Å². The van der Waals surface area contributed by atoms with E-state index < -0.39 is 10.8 Å². The van der Waals surface area contributed by atoms with Crippen molar-refractivity contribution in [2.45, 2.75) is 6.92 Å². The maximum Gasteiger partial charge on any atom is 0.282 e. The molecule has 3 aromatic rings. The van der Waals surface area contributed by atoms with Crippen molar-refractivity contribution in [1.82, 2.24) is 10.2 Å². The number of amides is 1. The molecule has 24 heavy (non-hydrogen) atoms. The van der Waals surface area contributed by atoms with Crippen molar-refractivity contribution >= 4 is 28.1 Å². The number of nitrogens with one attached hydrogen (secondary N) is 1. The number of benzene rings is 2. The summed E-state index contributed by atoms with van der Waals surface area (Å²) in [6.45, 7) is 1.99. The van der Waals surface area contributed by atoms with Crippen LogP contribution >= 0.6 is 11.3 Å². The van der Waals surface area contributed by atoms with E-state index in [-0.39, 0.29) is 16.4 Å². The Bertz CT molecular complexity index is 906. The number of nitrogens with zero attached hydrogens (tertiary/aromatic N) is 3. The van der Waals surface area contributed by atoms with Crippen molar-refractivity contribution in [2.24, 2.45) is 0 Å². The molecule has 0 fully saturated rings. The van der Waals surface area contributed by atoms with Gasteiger partial charge in [-0.25, -0.2) is 0 Å². The summed E-state index contributed by atoms with van der Waals surface area (Å²) in [5, 5.41) is 22.5. The maximum absolute atomic E-state index is 12.3. The molecule has 120 valence electrons. The summed E-state index contributed by atoms with van der Waals surface area (Å²) in [5.74, 6) is -0.589. The van der Waals surface area contributed by atoms with Gasteiger partial charge in [0, 0.05) is 11.6 Å². The van der Waals surface area contributed by atoms with E-state index in [2.05, 4.69) is 15.5 Å². The van der Waals surface area contributed by atoms with Crippen molar-refractivity contribution in [3.8, 4) is 10.6 Å². The van der Waals surface area contributed by atoms with Gasteiger partial charge in [-0.2, -0.15) is 0 Å². The second-order valence-electron chi connectivity index (χ2n) is 5.01. The Balaban J connectivity index is 1.81. The third kappa shape index (κ3) is 3.28. The van der Waals surface area contributed by atoms with Crippen molar-refractivity contribution in [2.75, 3.05) is 5.32 Å². The zero-order chi connectivity index (χ0) is 17.1. The maximum atomic E-state index is 12.3. The van der Waals surface area contributed by atoms with Gasteiger partial charge in [-0.3, -0.25) is 20.2 Å². The first-order valence-corrected chi connectivity index (χ1v) is 7.81. The number of rotatable bonds is 4. The Kier molecular flexibility index (Phi) is 4.30. The molecule has 1 N–H and O–H groups in total. The molecule has 0 bridgehead atoms. The van der Waals surface area contributed by atoms with Crippen LogP contribution in [0.3, 0.4) is 0 Å². The number of carbonyl (C=O) groups is 1. The van der Waals surface area contributed by atoms with E-state index in [4.69, 9.17) is 0 Å². The molecular weight excluding hydrogens is 328 g/mol. The number of aryl methyl sites for hydroxylation is 1. The lowest BCUT2D eigenvalue weighted by molar-refractivity contribution is -0.385. The van der Waals surface area contributed by atoms with Gasteiger partial charge in [-0.1, -0.05) is 53.3 Å². The van der Waals surface area contributed by atoms with Crippen molar-refractivity contribution < 1.29 is 9.72 Å². The highest BCUT2D eigenvalue weighted by Gasteiger charge is 2.20. The molecule has 0 saturated carbocycles. The minimum absolute atomic E-state index is 0.0189. The van der Waals surface area contributed by atoms with Gasteiger partial charge >= 0.3 is 0 Å².